The molecule has 2 N–H and O–H groups in total. The second kappa shape index (κ2) is 5.70. The summed E-state index contributed by atoms with van der Waals surface area (Å²) in [4.78, 5) is 2.60. The topological polar surface area (TPSA) is 35.5 Å². The largest absolute Gasteiger partial charge is 0.508 e. The monoisotopic (exact) mass is 280 g/mol. The van der Waals surface area contributed by atoms with Crippen LogP contribution in [0, 0.1) is 0 Å². The zero-order valence-electron chi connectivity index (χ0n) is 11.1. The molecule has 2 fully saturated rings. The van der Waals surface area contributed by atoms with Gasteiger partial charge in [-0.05, 0) is 37.9 Å². The minimum absolute atomic E-state index is 0.290. The fraction of sp³-hybridized carbons (Fsp3) is 0.600. The van der Waals surface area contributed by atoms with Crippen LogP contribution in [0.15, 0.2) is 18.2 Å². The van der Waals surface area contributed by atoms with E-state index in [-0.39, 0.29) is 0 Å². The molecule has 0 amide bonds. The lowest BCUT2D eigenvalue weighted by Gasteiger charge is -2.32. The van der Waals surface area contributed by atoms with Crippen molar-refractivity contribution in [3.05, 3.63) is 28.8 Å². The van der Waals surface area contributed by atoms with Crippen LogP contribution < -0.4 is 5.32 Å². The molecule has 2 aliphatic heterocycles. The fourth-order valence-corrected chi connectivity index (χ4v) is 3.68. The smallest absolute Gasteiger partial charge is 0.121 e. The summed E-state index contributed by atoms with van der Waals surface area (Å²) in [6.07, 6.45) is 5.19. The van der Waals surface area contributed by atoms with E-state index in [0.29, 0.717) is 29.4 Å². The van der Waals surface area contributed by atoms with E-state index < -0.39 is 0 Å². The summed E-state index contributed by atoms with van der Waals surface area (Å²) < 4.78 is 0. The van der Waals surface area contributed by atoms with Gasteiger partial charge in [0.1, 0.15) is 5.75 Å². The maximum Gasteiger partial charge on any atom is 0.121 e. The molecule has 0 aromatic heterocycles. The van der Waals surface area contributed by atoms with Crippen molar-refractivity contribution in [2.75, 3.05) is 13.1 Å². The summed E-state index contributed by atoms with van der Waals surface area (Å²) in [6.45, 7) is 3.11. The molecule has 19 heavy (non-hydrogen) atoms. The van der Waals surface area contributed by atoms with Gasteiger partial charge in [0.15, 0.2) is 0 Å². The number of halogens is 1. The lowest BCUT2D eigenvalue weighted by atomic mass is 9.99. The van der Waals surface area contributed by atoms with Crippen LogP contribution in [0.2, 0.25) is 5.02 Å². The molecule has 3 nitrogen and oxygen atoms in total. The van der Waals surface area contributed by atoms with E-state index in [4.69, 9.17) is 11.6 Å². The number of rotatable bonds is 3. The first-order valence-corrected chi connectivity index (χ1v) is 7.57. The molecule has 2 saturated heterocycles. The van der Waals surface area contributed by atoms with Gasteiger partial charge in [-0.1, -0.05) is 24.1 Å². The predicted octanol–water partition coefficient (Wildman–Crippen LogP) is 2.76. The number of aromatic hydroxyl groups is 1. The molecule has 2 unspecified atom stereocenters. The first kappa shape index (κ1) is 13.2. The van der Waals surface area contributed by atoms with Crippen LogP contribution in [0.1, 0.15) is 31.2 Å². The van der Waals surface area contributed by atoms with Crippen molar-refractivity contribution in [1.82, 2.24) is 10.2 Å². The lowest BCUT2D eigenvalue weighted by Crippen LogP contribution is -2.44. The highest BCUT2D eigenvalue weighted by Gasteiger charge is 2.35. The molecule has 0 radical (unpaired) electrons. The van der Waals surface area contributed by atoms with Gasteiger partial charge in [0.25, 0.3) is 0 Å². The van der Waals surface area contributed by atoms with E-state index in [1.807, 2.05) is 6.07 Å². The van der Waals surface area contributed by atoms with Crippen molar-refractivity contribution in [2.45, 2.75) is 44.3 Å². The summed E-state index contributed by atoms with van der Waals surface area (Å²) in [5, 5.41) is 14.1. The summed E-state index contributed by atoms with van der Waals surface area (Å²) in [5.41, 5.74) is 0.818. The highest BCUT2D eigenvalue weighted by Crippen LogP contribution is 2.29. The Balaban J connectivity index is 1.63. The normalized spacial score (nSPS) is 27.4. The molecule has 104 valence electrons. The van der Waals surface area contributed by atoms with Gasteiger partial charge in [-0.3, -0.25) is 4.90 Å². The van der Waals surface area contributed by atoms with E-state index >= 15 is 0 Å². The Hall–Kier alpha value is -0.770. The van der Waals surface area contributed by atoms with Crippen LogP contribution in [0.5, 0.6) is 5.75 Å². The first-order valence-electron chi connectivity index (χ1n) is 7.19. The SMILES string of the molecule is Oc1cccc(Cl)c1CNC1CCN2CCCCC12. The maximum absolute atomic E-state index is 9.86. The molecular formula is C15H21ClN2O. The van der Waals surface area contributed by atoms with Crippen molar-refractivity contribution in [1.29, 1.82) is 0 Å². The summed E-state index contributed by atoms with van der Waals surface area (Å²) in [7, 11) is 0. The van der Waals surface area contributed by atoms with Crippen LogP contribution in [0.3, 0.4) is 0 Å². The summed E-state index contributed by atoms with van der Waals surface area (Å²) in [5.74, 6) is 0.290. The average Bonchev–Trinajstić information content (AvgIpc) is 2.82. The summed E-state index contributed by atoms with van der Waals surface area (Å²) in [6, 6.07) is 6.53. The van der Waals surface area contributed by atoms with E-state index in [1.165, 1.54) is 38.8 Å². The Morgan fingerprint density at radius 1 is 1.26 bits per heavy atom. The number of hydrogen-bond acceptors (Lipinski definition) is 3. The third-order valence-corrected chi connectivity index (χ3v) is 4.85. The van der Waals surface area contributed by atoms with Crippen LogP contribution >= 0.6 is 11.6 Å². The first-order chi connectivity index (χ1) is 9.25. The minimum atomic E-state index is 0.290. The molecule has 0 spiro atoms. The Morgan fingerprint density at radius 3 is 3.00 bits per heavy atom. The highest BCUT2D eigenvalue weighted by atomic mass is 35.5. The highest BCUT2D eigenvalue weighted by molar-refractivity contribution is 6.31. The standard InChI is InChI=1S/C15H21ClN2O/c16-12-4-3-6-15(19)11(12)10-17-13-7-9-18-8-2-1-5-14(13)18/h3-4,6,13-14,17,19H,1-2,5,7-10H2. The predicted molar refractivity (Wildman–Crippen MR) is 77.6 cm³/mol. The molecule has 1 aromatic rings. The molecule has 3 rings (SSSR count). The van der Waals surface area contributed by atoms with Crippen molar-refractivity contribution in [2.24, 2.45) is 0 Å². The number of fused-ring (bicyclic) bond motifs is 1. The second-order valence-electron chi connectivity index (χ2n) is 5.61. The van der Waals surface area contributed by atoms with Gasteiger partial charge in [-0.25, -0.2) is 0 Å². The number of piperidine rings is 1. The molecule has 0 aliphatic carbocycles. The number of nitrogens with zero attached hydrogens (tertiary/aromatic N) is 1. The third-order valence-electron chi connectivity index (χ3n) is 4.49. The molecule has 2 atom stereocenters. The molecule has 0 saturated carbocycles. The Kier molecular flexibility index (Phi) is 3.96. The lowest BCUT2D eigenvalue weighted by molar-refractivity contribution is 0.180. The van der Waals surface area contributed by atoms with Crippen molar-refractivity contribution in [3.63, 3.8) is 0 Å². The number of phenols is 1. The molecular weight excluding hydrogens is 260 g/mol. The van der Waals surface area contributed by atoms with Crippen molar-refractivity contribution >= 4 is 11.6 Å². The minimum Gasteiger partial charge on any atom is -0.508 e. The molecule has 0 bridgehead atoms. The molecule has 4 heteroatoms. The molecule has 2 aliphatic rings. The maximum atomic E-state index is 9.86. The average molecular weight is 281 g/mol. The zero-order valence-corrected chi connectivity index (χ0v) is 11.9. The molecule has 2 heterocycles. The van der Waals surface area contributed by atoms with Gasteiger partial charge >= 0.3 is 0 Å². The van der Waals surface area contributed by atoms with Gasteiger partial charge in [0, 0.05) is 35.8 Å². The van der Waals surface area contributed by atoms with Crippen LogP contribution in [0.4, 0.5) is 0 Å². The molecule has 1 aromatic carbocycles. The van der Waals surface area contributed by atoms with Crippen LogP contribution in [0.25, 0.3) is 0 Å². The van der Waals surface area contributed by atoms with E-state index in [2.05, 4.69) is 10.2 Å². The third kappa shape index (κ3) is 2.73. The number of nitrogens with one attached hydrogen (secondary N) is 1. The van der Waals surface area contributed by atoms with Gasteiger partial charge in [-0.2, -0.15) is 0 Å². The van der Waals surface area contributed by atoms with Gasteiger partial charge in [-0.15, -0.1) is 0 Å². The number of benzene rings is 1. The zero-order chi connectivity index (χ0) is 13.2. The Bertz CT molecular complexity index is 432. The fourth-order valence-electron chi connectivity index (χ4n) is 3.44. The van der Waals surface area contributed by atoms with Crippen molar-refractivity contribution < 1.29 is 5.11 Å². The Morgan fingerprint density at radius 2 is 2.16 bits per heavy atom. The van der Waals surface area contributed by atoms with E-state index in [1.54, 1.807) is 12.1 Å². The van der Waals surface area contributed by atoms with E-state index in [9.17, 15) is 5.11 Å². The van der Waals surface area contributed by atoms with E-state index in [0.717, 1.165) is 5.56 Å². The Labute approximate surface area is 119 Å². The summed E-state index contributed by atoms with van der Waals surface area (Å²) >= 11 is 6.14. The number of hydrogen-bond donors (Lipinski definition) is 2. The number of phenolic OH excluding ortho intramolecular Hbond substituents is 1. The van der Waals surface area contributed by atoms with Crippen LogP contribution in [-0.4, -0.2) is 35.2 Å². The van der Waals surface area contributed by atoms with Gasteiger partial charge in [0.05, 0.1) is 0 Å². The van der Waals surface area contributed by atoms with Crippen molar-refractivity contribution in [3.8, 4) is 5.75 Å². The van der Waals surface area contributed by atoms with Gasteiger partial charge in [0.2, 0.25) is 0 Å². The van der Waals surface area contributed by atoms with Crippen LogP contribution in [-0.2, 0) is 6.54 Å². The van der Waals surface area contributed by atoms with Gasteiger partial charge < -0.3 is 10.4 Å². The quantitative estimate of drug-likeness (QED) is 0.894. The second-order valence-corrected chi connectivity index (χ2v) is 6.02.